The number of benzene rings is 1. The molecule has 0 unspecified atom stereocenters. The molecule has 0 aliphatic carbocycles. The number of esters is 1. The molecule has 0 bridgehead atoms. The molecule has 1 heterocycles. The molecule has 0 atom stereocenters. The lowest BCUT2D eigenvalue weighted by molar-refractivity contribution is -0.158. The first kappa shape index (κ1) is 24.8. The molecule has 0 spiro atoms. The smallest absolute Gasteiger partial charge is 0.419 e. The van der Waals surface area contributed by atoms with Crippen molar-refractivity contribution in [2.45, 2.75) is 65.2 Å². The number of hydrogen-bond donors (Lipinski definition) is 0. The van der Waals surface area contributed by atoms with Gasteiger partial charge in [0.15, 0.2) is 5.60 Å². The summed E-state index contributed by atoms with van der Waals surface area (Å²) < 4.78 is 50.7. The van der Waals surface area contributed by atoms with E-state index in [-0.39, 0.29) is 11.8 Å². The van der Waals surface area contributed by atoms with Gasteiger partial charge in [0, 0.05) is 20.0 Å². The van der Waals surface area contributed by atoms with Crippen LogP contribution < -0.4 is 4.74 Å². The average molecular weight is 417 g/mol. The Bertz CT molecular complexity index is 708. The van der Waals surface area contributed by atoms with Gasteiger partial charge < -0.3 is 14.4 Å². The van der Waals surface area contributed by atoms with Crippen LogP contribution in [0.2, 0.25) is 0 Å². The summed E-state index contributed by atoms with van der Waals surface area (Å²) >= 11 is 0. The van der Waals surface area contributed by atoms with E-state index in [0.29, 0.717) is 31.5 Å². The number of carbonyl (C=O) groups excluding carboxylic acids is 2. The number of hydrogen-bond acceptors (Lipinski definition) is 4. The highest BCUT2D eigenvalue weighted by Gasteiger charge is 2.39. The van der Waals surface area contributed by atoms with E-state index in [1.807, 2.05) is 13.8 Å². The summed E-state index contributed by atoms with van der Waals surface area (Å²) in [6.45, 7) is 9.23. The molecule has 29 heavy (non-hydrogen) atoms. The van der Waals surface area contributed by atoms with Crippen molar-refractivity contribution < 1.29 is 32.2 Å². The van der Waals surface area contributed by atoms with Crippen LogP contribution in [0.1, 0.15) is 64.5 Å². The molecule has 0 radical (unpaired) electrons. The molecule has 2 rings (SSSR count). The third-order valence-corrected chi connectivity index (χ3v) is 4.76. The van der Waals surface area contributed by atoms with Crippen LogP contribution in [0.25, 0.3) is 0 Å². The van der Waals surface area contributed by atoms with Gasteiger partial charge in [-0.1, -0.05) is 19.9 Å². The van der Waals surface area contributed by atoms with Gasteiger partial charge in [-0.15, -0.1) is 0 Å². The first-order valence-corrected chi connectivity index (χ1v) is 9.70. The highest BCUT2D eigenvalue weighted by molar-refractivity contribution is 5.79. The number of halogens is 3. The van der Waals surface area contributed by atoms with Crippen LogP contribution >= 0.6 is 0 Å². The van der Waals surface area contributed by atoms with Crippen molar-refractivity contribution in [2.24, 2.45) is 0 Å². The summed E-state index contributed by atoms with van der Waals surface area (Å²) in [5, 5.41) is 0. The Morgan fingerprint density at radius 2 is 1.66 bits per heavy atom. The van der Waals surface area contributed by atoms with Gasteiger partial charge >= 0.3 is 12.1 Å². The highest BCUT2D eigenvalue weighted by atomic mass is 19.4. The summed E-state index contributed by atoms with van der Waals surface area (Å²) in [5.74, 6) is -1.28. The van der Waals surface area contributed by atoms with Crippen LogP contribution in [0.3, 0.4) is 0 Å². The SMILES string of the molecule is CC.COC(=O)C(C)(C)Oc1ccc(C2CCN(C(C)=O)CC2)cc1C(F)(F)F. The maximum absolute atomic E-state index is 13.6. The number of rotatable bonds is 4. The molecular formula is C21H30F3NO4. The van der Waals surface area contributed by atoms with Gasteiger partial charge in [-0.25, -0.2) is 4.79 Å². The monoisotopic (exact) mass is 417 g/mol. The minimum atomic E-state index is -4.63. The molecule has 5 nitrogen and oxygen atoms in total. The Balaban J connectivity index is 0.00000204. The standard InChI is InChI=1S/C19H24F3NO4.C2H6/c1-12(24)23-9-7-13(8-10-23)14-5-6-16(15(11-14)19(20,21)22)27-18(2,3)17(25)26-4;1-2/h5-6,11,13H,7-10H2,1-4H3;1-2H3. The van der Waals surface area contributed by atoms with Crippen LogP contribution in [-0.2, 0) is 20.5 Å². The van der Waals surface area contributed by atoms with Crippen molar-refractivity contribution in [1.82, 2.24) is 4.90 Å². The van der Waals surface area contributed by atoms with Gasteiger partial charge in [-0.3, -0.25) is 4.79 Å². The normalized spacial score (nSPS) is 15.3. The number of ether oxygens (including phenoxy) is 2. The van der Waals surface area contributed by atoms with E-state index in [1.54, 1.807) is 11.0 Å². The predicted molar refractivity (Wildman–Crippen MR) is 104 cm³/mol. The van der Waals surface area contributed by atoms with E-state index < -0.39 is 29.1 Å². The zero-order valence-corrected chi connectivity index (χ0v) is 17.9. The van der Waals surface area contributed by atoms with Crippen LogP contribution in [0.4, 0.5) is 13.2 Å². The van der Waals surface area contributed by atoms with Gasteiger partial charge in [0.1, 0.15) is 5.75 Å². The maximum Gasteiger partial charge on any atom is 0.419 e. The number of likely N-dealkylation sites (tertiary alicyclic amines) is 1. The fraction of sp³-hybridized carbons (Fsp3) is 0.619. The Kier molecular flexibility index (Phi) is 8.53. The van der Waals surface area contributed by atoms with E-state index in [0.717, 1.165) is 13.2 Å². The lowest BCUT2D eigenvalue weighted by atomic mass is 9.88. The third-order valence-electron chi connectivity index (χ3n) is 4.76. The Morgan fingerprint density at radius 3 is 2.10 bits per heavy atom. The summed E-state index contributed by atoms with van der Waals surface area (Å²) in [7, 11) is 1.15. The second-order valence-electron chi connectivity index (χ2n) is 7.14. The molecule has 8 heteroatoms. The number of methoxy groups -OCH3 is 1. The zero-order chi connectivity index (χ0) is 22.4. The van der Waals surface area contributed by atoms with Crippen molar-refractivity contribution in [3.8, 4) is 5.75 Å². The summed E-state index contributed by atoms with van der Waals surface area (Å²) in [6, 6.07) is 3.92. The average Bonchev–Trinajstić information content (AvgIpc) is 2.68. The van der Waals surface area contributed by atoms with Crippen molar-refractivity contribution in [2.75, 3.05) is 20.2 Å². The molecule has 0 aromatic heterocycles. The molecule has 1 aliphatic rings. The van der Waals surface area contributed by atoms with Crippen molar-refractivity contribution in [1.29, 1.82) is 0 Å². The third kappa shape index (κ3) is 6.37. The van der Waals surface area contributed by atoms with Crippen molar-refractivity contribution >= 4 is 11.9 Å². The minimum Gasteiger partial charge on any atom is -0.476 e. The molecule has 1 aromatic carbocycles. The molecule has 0 saturated carbocycles. The van der Waals surface area contributed by atoms with E-state index in [1.165, 1.54) is 26.8 Å². The quantitative estimate of drug-likeness (QED) is 0.661. The largest absolute Gasteiger partial charge is 0.476 e. The predicted octanol–water partition coefficient (Wildman–Crippen LogP) is 4.79. The van der Waals surface area contributed by atoms with E-state index in [4.69, 9.17) is 4.74 Å². The molecule has 0 N–H and O–H groups in total. The van der Waals surface area contributed by atoms with Gasteiger partial charge in [0.2, 0.25) is 5.91 Å². The molecule has 1 aliphatic heterocycles. The zero-order valence-electron chi connectivity index (χ0n) is 17.9. The topological polar surface area (TPSA) is 55.8 Å². The van der Waals surface area contributed by atoms with Gasteiger partial charge in [-0.05, 0) is 50.3 Å². The number of nitrogens with zero attached hydrogens (tertiary/aromatic N) is 1. The molecule has 164 valence electrons. The summed E-state index contributed by atoms with van der Waals surface area (Å²) in [6.07, 6.45) is -3.42. The minimum absolute atomic E-state index is 0.0294. The summed E-state index contributed by atoms with van der Waals surface area (Å²) in [5.41, 5.74) is -1.93. The Hall–Kier alpha value is -2.25. The molecule has 1 fully saturated rings. The molecule has 1 aromatic rings. The molecular weight excluding hydrogens is 387 g/mol. The highest BCUT2D eigenvalue weighted by Crippen LogP contribution is 2.40. The number of alkyl halides is 3. The van der Waals surface area contributed by atoms with Crippen LogP contribution in [0, 0.1) is 0 Å². The van der Waals surface area contributed by atoms with E-state index in [9.17, 15) is 22.8 Å². The fourth-order valence-corrected chi connectivity index (χ4v) is 3.20. The van der Waals surface area contributed by atoms with Gasteiger partial charge in [-0.2, -0.15) is 13.2 Å². The lowest BCUT2D eigenvalue weighted by Gasteiger charge is -2.32. The van der Waals surface area contributed by atoms with Gasteiger partial charge in [0.05, 0.1) is 12.7 Å². The van der Waals surface area contributed by atoms with Crippen LogP contribution in [-0.4, -0.2) is 42.6 Å². The maximum atomic E-state index is 13.6. The van der Waals surface area contributed by atoms with Crippen LogP contribution in [0.5, 0.6) is 5.75 Å². The fourth-order valence-electron chi connectivity index (χ4n) is 3.20. The Labute approximate surface area is 170 Å². The van der Waals surface area contributed by atoms with Gasteiger partial charge in [0.25, 0.3) is 0 Å². The first-order valence-electron chi connectivity index (χ1n) is 9.70. The second-order valence-corrected chi connectivity index (χ2v) is 7.14. The second kappa shape index (κ2) is 9.98. The lowest BCUT2D eigenvalue weighted by Crippen LogP contribution is -2.39. The number of carbonyl (C=O) groups is 2. The number of piperidine rings is 1. The molecule has 1 saturated heterocycles. The van der Waals surface area contributed by atoms with Crippen molar-refractivity contribution in [3.05, 3.63) is 29.3 Å². The van der Waals surface area contributed by atoms with E-state index in [2.05, 4.69) is 4.74 Å². The van der Waals surface area contributed by atoms with E-state index >= 15 is 0 Å². The first-order chi connectivity index (χ1) is 13.5. The van der Waals surface area contributed by atoms with Crippen molar-refractivity contribution in [3.63, 3.8) is 0 Å². The molecule has 1 amide bonds. The number of amides is 1. The summed E-state index contributed by atoms with van der Waals surface area (Å²) in [4.78, 5) is 24.8. The van der Waals surface area contributed by atoms with Crippen LogP contribution in [0.15, 0.2) is 18.2 Å². The Morgan fingerprint density at radius 1 is 1.10 bits per heavy atom.